The van der Waals surface area contributed by atoms with E-state index in [2.05, 4.69) is 17.4 Å². The topological polar surface area (TPSA) is 32.3 Å². The molecule has 0 atom stereocenters. The summed E-state index contributed by atoms with van der Waals surface area (Å²) >= 11 is 5.83. The van der Waals surface area contributed by atoms with Gasteiger partial charge in [-0.1, -0.05) is 23.7 Å². The highest BCUT2D eigenvalue weighted by atomic mass is 35.5. The summed E-state index contributed by atoms with van der Waals surface area (Å²) in [5, 5.41) is 12.8. The van der Waals surface area contributed by atoms with Gasteiger partial charge in [-0.15, -0.1) is 0 Å². The monoisotopic (exact) mass is 225 g/mol. The maximum Gasteiger partial charge on any atom is 0.0556 e. The summed E-state index contributed by atoms with van der Waals surface area (Å²) in [5.74, 6) is 0.665. The van der Waals surface area contributed by atoms with E-state index in [1.54, 1.807) is 0 Å². The number of hydrogen-bond donors (Lipinski definition) is 2. The SMILES string of the molecule is OCCNC1CC(c2ccc(Cl)cc2)C1. The summed E-state index contributed by atoms with van der Waals surface area (Å²) in [6.07, 6.45) is 2.34. The minimum Gasteiger partial charge on any atom is -0.395 e. The van der Waals surface area contributed by atoms with E-state index in [0.29, 0.717) is 18.5 Å². The van der Waals surface area contributed by atoms with Crippen molar-refractivity contribution in [1.29, 1.82) is 0 Å². The summed E-state index contributed by atoms with van der Waals surface area (Å²) in [4.78, 5) is 0. The van der Waals surface area contributed by atoms with Gasteiger partial charge in [0, 0.05) is 17.6 Å². The fourth-order valence-corrected chi connectivity index (χ4v) is 2.19. The molecule has 1 aliphatic carbocycles. The molecule has 2 rings (SSSR count). The quantitative estimate of drug-likeness (QED) is 0.823. The van der Waals surface area contributed by atoms with Gasteiger partial charge in [-0.3, -0.25) is 0 Å². The van der Waals surface area contributed by atoms with E-state index in [1.165, 1.54) is 18.4 Å². The fourth-order valence-electron chi connectivity index (χ4n) is 2.06. The molecule has 0 unspecified atom stereocenters. The third-order valence-electron chi connectivity index (χ3n) is 3.02. The van der Waals surface area contributed by atoms with Gasteiger partial charge in [0.25, 0.3) is 0 Å². The maximum atomic E-state index is 8.67. The predicted octanol–water partition coefficient (Wildman–Crippen LogP) is 2.17. The van der Waals surface area contributed by atoms with Crippen LogP contribution >= 0.6 is 11.6 Å². The van der Waals surface area contributed by atoms with Crippen LogP contribution in [0.2, 0.25) is 5.02 Å². The molecule has 2 nitrogen and oxygen atoms in total. The van der Waals surface area contributed by atoms with E-state index in [1.807, 2.05) is 12.1 Å². The molecule has 0 aromatic heterocycles. The highest BCUT2D eigenvalue weighted by Gasteiger charge is 2.29. The molecule has 2 N–H and O–H groups in total. The molecule has 1 fully saturated rings. The number of rotatable bonds is 4. The van der Waals surface area contributed by atoms with Crippen LogP contribution in [0.1, 0.15) is 24.3 Å². The van der Waals surface area contributed by atoms with Gasteiger partial charge < -0.3 is 10.4 Å². The van der Waals surface area contributed by atoms with Crippen LogP contribution < -0.4 is 5.32 Å². The lowest BCUT2D eigenvalue weighted by Crippen LogP contribution is -2.41. The van der Waals surface area contributed by atoms with Crippen molar-refractivity contribution in [1.82, 2.24) is 5.32 Å². The molecule has 0 amide bonds. The second-order valence-corrected chi connectivity index (χ2v) is 4.53. The van der Waals surface area contributed by atoms with Crippen molar-refractivity contribution < 1.29 is 5.11 Å². The van der Waals surface area contributed by atoms with Gasteiger partial charge in [0.05, 0.1) is 6.61 Å². The van der Waals surface area contributed by atoms with Crippen LogP contribution in [-0.2, 0) is 0 Å². The van der Waals surface area contributed by atoms with E-state index in [0.717, 1.165) is 5.02 Å². The van der Waals surface area contributed by atoms with Gasteiger partial charge in [-0.05, 0) is 36.5 Å². The zero-order chi connectivity index (χ0) is 10.7. The van der Waals surface area contributed by atoms with Crippen molar-refractivity contribution in [3.05, 3.63) is 34.9 Å². The van der Waals surface area contributed by atoms with Crippen molar-refractivity contribution >= 4 is 11.6 Å². The van der Waals surface area contributed by atoms with Crippen molar-refractivity contribution in [3.8, 4) is 0 Å². The van der Waals surface area contributed by atoms with Gasteiger partial charge in [0.1, 0.15) is 0 Å². The Morgan fingerprint density at radius 2 is 1.93 bits per heavy atom. The number of hydrogen-bond acceptors (Lipinski definition) is 2. The minimum atomic E-state index is 0.224. The highest BCUT2D eigenvalue weighted by molar-refractivity contribution is 6.30. The molecule has 0 aliphatic heterocycles. The number of benzene rings is 1. The Morgan fingerprint density at radius 3 is 2.53 bits per heavy atom. The molecule has 0 saturated heterocycles. The normalized spacial score (nSPS) is 24.9. The molecule has 15 heavy (non-hydrogen) atoms. The van der Waals surface area contributed by atoms with Crippen LogP contribution in [-0.4, -0.2) is 24.3 Å². The number of nitrogens with one attached hydrogen (secondary N) is 1. The van der Waals surface area contributed by atoms with Gasteiger partial charge in [-0.2, -0.15) is 0 Å². The number of aliphatic hydroxyl groups is 1. The first kappa shape index (κ1) is 10.9. The van der Waals surface area contributed by atoms with E-state index >= 15 is 0 Å². The second-order valence-electron chi connectivity index (χ2n) is 4.09. The van der Waals surface area contributed by atoms with Crippen LogP contribution in [0, 0.1) is 0 Å². The average molecular weight is 226 g/mol. The van der Waals surface area contributed by atoms with Crippen LogP contribution in [0.5, 0.6) is 0 Å². The van der Waals surface area contributed by atoms with Crippen LogP contribution in [0.4, 0.5) is 0 Å². The smallest absolute Gasteiger partial charge is 0.0556 e. The van der Waals surface area contributed by atoms with Crippen molar-refractivity contribution in [2.45, 2.75) is 24.8 Å². The van der Waals surface area contributed by atoms with Gasteiger partial charge in [0.2, 0.25) is 0 Å². The molecular formula is C12H16ClNO. The Kier molecular flexibility index (Phi) is 3.62. The first-order valence-corrected chi connectivity index (χ1v) is 5.77. The van der Waals surface area contributed by atoms with E-state index < -0.39 is 0 Å². The third kappa shape index (κ3) is 2.71. The zero-order valence-electron chi connectivity index (χ0n) is 8.62. The van der Waals surface area contributed by atoms with E-state index in [4.69, 9.17) is 16.7 Å². The van der Waals surface area contributed by atoms with Crippen LogP contribution in [0.3, 0.4) is 0 Å². The Bertz CT molecular complexity index is 306. The third-order valence-corrected chi connectivity index (χ3v) is 3.28. The predicted molar refractivity (Wildman–Crippen MR) is 62.3 cm³/mol. The van der Waals surface area contributed by atoms with Gasteiger partial charge in [0.15, 0.2) is 0 Å². The molecule has 0 radical (unpaired) electrons. The van der Waals surface area contributed by atoms with Gasteiger partial charge >= 0.3 is 0 Å². The van der Waals surface area contributed by atoms with Crippen molar-refractivity contribution in [3.63, 3.8) is 0 Å². The first-order valence-electron chi connectivity index (χ1n) is 5.39. The lowest BCUT2D eigenvalue weighted by Gasteiger charge is -2.36. The largest absolute Gasteiger partial charge is 0.395 e. The van der Waals surface area contributed by atoms with Crippen LogP contribution in [0.15, 0.2) is 24.3 Å². The minimum absolute atomic E-state index is 0.224. The highest BCUT2D eigenvalue weighted by Crippen LogP contribution is 2.36. The molecule has 1 saturated carbocycles. The first-order chi connectivity index (χ1) is 7.29. The maximum absolute atomic E-state index is 8.67. The second kappa shape index (κ2) is 4.97. The summed E-state index contributed by atoms with van der Waals surface area (Å²) in [6.45, 7) is 0.931. The Balaban J connectivity index is 1.81. The molecule has 0 heterocycles. The molecule has 1 aromatic rings. The molecule has 0 bridgehead atoms. The lowest BCUT2D eigenvalue weighted by molar-refractivity contribution is 0.244. The Morgan fingerprint density at radius 1 is 1.27 bits per heavy atom. The van der Waals surface area contributed by atoms with Crippen molar-refractivity contribution in [2.24, 2.45) is 0 Å². The molecular weight excluding hydrogens is 210 g/mol. The molecule has 0 spiro atoms. The average Bonchev–Trinajstić information content (AvgIpc) is 2.18. The Hall–Kier alpha value is -0.570. The zero-order valence-corrected chi connectivity index (χ0v) is 9.37. The number of aliphatic hydroxyl groups excluding tert-OH is 1. The van der Waals surface area contributed by atoms with Crippen molar-refractivity contribution in [2.75, 3.05) is 13.2 Å². The fraction of sp³-hybridized carbons (Fsp3) is 0.500. The summed E-state index contributed by atoms with van der Waals surface area (Å²) in [7, 11) is 0. The Labute approximate surface area is 95.3 Å². The summed E-state index contributed by atoms with van der Waals surface area (Å²) in [5.41, 5.74) is 1.38. The number of halogens is 1. The van der Waals surface area contributed by atoms with Crippen LogP contribution in [0.25, 0.3) is 0 Å². The lowest BCUT2D eigenvalue weighted by atomic mass is 9.76. The summed E-state index contributed by atoms with van der Waals surface area (Å²) < 4.78 is 0. The van der Waals surface area contributed by atoms with E-state index in [9.17, 15) is 0 Å². The summed E-state index contributed by atoms with van der Waals surface area (Å²) in [6, 6.07) is 8.69. The molecule has 1 aromatic carbocycles. The van der Waals surface area contributed by atoms with E-state index in [-0.39, 0.29) is 6.61 Å². The van der Waals surface area contributed by atoms with Gasteiger partial charge in [-0.25, -0.2) is 0 Å². The molecule has 3 heteroatoms. The molecule has 1 aliphatic rings. The molecule has 82 valence electrons. The standard InChI is InChI=1S/C12H16ClNO/c13-11-3-1-9(2-4-11)10-7-12(8-10)14-5-6-15/h1-4,10,12,14-15H,5-8H2.